The first kappa shape index (κ1) is 15.9. The summed E-state index contributed by atoms with van der Waals surface area (Å²) in [5.74, 6) is -0.249. The van der Waals surface area contributed by atoms with Gasteiger partial charge in [0.1, 0.15) is 5.82 Å². The molecule has 0 aliphatic heterocycles. The standard InChI is InChI=1S/C12H17FN2O.ClH/c1-8(6-14)7-15-12(16)10-3-4-11(13)9(2)5-10;/h3-5,8H,6-7,14H2,1-2H3,(H,15,16);1H. The summed E-state index contributed by atoms with van der Waals surface area (Å²) in [5.41, 5.74) is 6.39. The topological polar surface area (TPSA) is 55.1 Å². The molecular formula is C12H18ClFN2O. The molecular weight excluding hydrogens is 243 g/mol. The number of halogens is 2. The van der Waals surface area contributed by atoms with Crippen molar-refractivity contribution in [2.45, 2.75) is 13.8 Å². The van der Waals surface area contributed by atoms with Gasteiger partial charge in [-0.05, 0) is 43.1 Å². The molecule has 1 rings (SSSR count). The van der Waals surface area contributed by atoms with Gasteiger partial charge in [-0.15, -0.1) is 12.4 Å². The van der Waals surface area contributed by atoms with Gasteiger partial charge in [-0.2, -0.15) is 0 Å². The fraction of sp³-hybridized carbons (Fsp3) is 0.417. The Bertz CT molecular complexity index is 385. The summed E-state index contributed by atoms with van der Waals surface area (Å²) in [6.45, 7) is 4.65. The summed E-state index contributed by atoms with van der Waals surface area (Å²) in [6, 6.07) is 4.32. The van der Waals surface area contributed by atoms with Crippen LogP contribution in [-0.4, -0.2) is 19.0 Å². The van der Waals surface area contributed by atoms with Gasteiger partial charge < -0.3 is 11.1 Å². The Kier molecular flexibility index (Phi) is 6.76. The molecule has 96 valence electrons. The predicted molar refractivity (Wildman–Crippen MR) is 68.9 cm³/mol. The molecule has 0 fully saturated rings. The number of rotatable bonds is 4. The second-order valence-corrected chi connectivity index (χ2v) is 4.01. The molecule has 1 unspecified atom stereocenters. The third kappa shape index (κ3) is 4.71. The lowest BCUT2D eigenvalue weighted by Gasteiger charge is -2.10. The Hall–Kier alpha value is -1.13. The largest absolute Gasteiger partial charge is 0.352 e. The van der Waals surface area contributed by atoms with Crippen LogP contribution < -0.4 is 11.1 Å². The second kappa shape index (κ2) is 7.25. The molecule has 1 aromatic carbocycles. The highest BCUT2D eigenvalue weighted by Crippen LogP contribution is 2.09. The third-order valence-corrected chi connectivity index (χ3v) is 2.43. The van der Waals surface area contributed by atoms with E-state index in [9.17, 15) is 9.18 Å². The number of nitrogens with two attached hydrogens (primary N) is 1. The first-order chi connectivity index (χ1) is 7.54. The van der Waals surface area contributed by atoms with Crippen LogP contribution in [0.4, 0.5) is 4.39 Å². The van der Waals surface area contributed by atoms with Crippen LogP contribution in [0.25, 0.3) is 0 Å². The van der Waals surface area contributed by atoms with E-state index in [1.807, 2.05) is 6.92 Å². The second-order valence-electron chi connectivity index (χ2n) is 4.01. The van der Waals surface area contributed by atoms with Crippen molar-refractivity contribution in [2.75, 3.05) is 13.1 Å². The van der Waals surface area contributed by atoms with Crippen LogP contribution in [0, 0.1) is 18.7 Å². The molecule has 0 aliphatic carbocycles. The number of hydrogen-bond acceptors (Lipinski definition) is 2. The number of aryl methyl sites for hydroxylation is 1. The Morgan fingerprint density at radius 2 is 2.18 bits per heavy atom. The predicted octanol–water partition coefficient (Wildman–Crippen LogP) is 1.88. The normalized spacial score (nSPS) is 11.5. The van der Waals surface area contributed by atoms with E-state index in [4.69, 9.17) is 5.73 Å². The van der Waals surface area contributed by atoms with Crippen LogP contribution in [0.2, 0.25) is 0 Å². The van der Waals surface area contributed by atoms with Crippen LogP contribution in [0.5, 0.6) is 0 Å². The van der Waals surface area contributed by atoms with E-state index in [0.717, 1.165) is 0 Å². The Labute approximate surface area is 107 Å². The van der Waals surface area contributed by atoms with Gasteiger partial charge in [0.15, 0.2) is 0 Å². The van der Waals surface area contributed by atoms with Gasteiger partial charge in [0.2, 0.25) is 0 Å². The smallest absolute Gasteiger partial charge is 0.251 e. The number of carbonyl (C=O) groups excluding carboxylic acids is 1. The van der Waals surface area contributed by atoms with Gasteiger partial charge >= 0.3 is 0 Å². The Morgan fingerprint density at radius 1 is 1.53 bits per heavy atom. The molecule has 3 N–H and O–H groups in total. The molecule has 1 aromatic rings. The van der Waals surface area contributed by atoms with Gasteiger partial charge in [-0.3, -0.25) is 4.79 Å². The van der Waals surface area contributed by atoms with E-state index in [1.54, 1.807) is 6.92 Å². The minimum Gasteiger partial charge on any atom is -0.352 e. The lowest BCUT2D eigenvalue weighted by molar-refractivity contribution is 0.0948. The lowest BCUT2D eigenvalue weighted by Crippen LogP contribution is -2.31. The van der Waals surface area contributed by atoms with E-state index in [-0.39, 0.29) is 30.0 Å². The van der Waals surface area contributed by atoms with Crippen LogP contribution in [-0.2, 0) is 0 Å². The minimum atomic E-state index is -0.299. The van der Waals surface area contributed by atoms with Crippen molar-refractivity contribution >= 4 is 18.3 Å². The molecule has 5 heteroatoms. The van der Waals surface area contributed by atoms with Crippen molar-refractivity contribution in [3.63, 3.8) is 0 Å². The van der Waals surface area contributed by atoms with Gasteiger partial charge in [0.25, 0.3) is 5.91 Å². The fourth-order valence-electron chi connectivity index (χ4n) is 1.24. The molecule has 3 nitrogen and oxygen atoms in total. The quantitative estimate of drug-likeness (QED) is 0.869. The van der Waals surface area contributed by atoms with Gasteiger partial charge in [0.05, 0.1) is 0 Å². The van der Waals surface area contributed by atoms with Crippen molar-refractivity contribution in [1.82, 2.24) is 5.32 Å². The molecule has 0 radical (unpaired) electrons. The van der Waals surface area contributed by atoms with E-state index in [0.29, 0.717) is 24.2 Å². The van der Waals surface area contributed by atoms with Crippen molar-refractivity contribution in [3.8, 4) is 0 Å². The number of nitrogens with one attached hydrogen (secondary N) is 1. The minimum absolute atomic E-state index is 0. The van der Waals surface area contributed by atoms with Crippen LogP contribution in [0.3, 0.4) is 0 Å². The summed E-state index contributed by atoms with van der Waals surface area (Å²) in [5, 5.41) is 2.75. The van der Waals surface area contributed by atoms with E-state index in [2.05, 4.69) is 5.32 Å². The van der Waals surface area contributed by atoms with Gasteiger partial charge in [0, 0.05) is 12.1 Å². The highest BCUT2D eigenvalue weighted by molar-refractivity contribution is 5.94. The lowest BCUT2D eigenvalue weighted by atomic mass is 10.1. The summed E-state index contributed by atoms with van der Waals surface area (Å²) >= 11 is 0. The zero-order valence-corrected chi connectivity index (χ0v) is 10.8. The molecule has 0 saturated carbocycles. The molecule has 1 atom stereocenters. The summed E-state index contributed by atoms with van der Waals surface area (Å²) < 4.78 is 13.0. The van der Waals surface area contributed by atoms with E-state index < -0.39 is 0 Å². The number of benzene rings is 1. The Morgan fingerprint density at radius 3 is 2.71 bits per heavy atom. The first-order valence-corrected chi connectivity index (χ1v) is 5.29. The van der Waals surface area contributed by atoms with Gasteiger partial charge in [-0.25, -0.2) is 4.39 Å². The van der Waals surface area contributed by atoms with Crippen LogP contribution in [0.15, 0.2) is 18.2 Å². The highest BCUT2D eigenvalue weighted by Gasteiger charge is 2.08. The first-order valence-electron chi connectivity index (χ1n) is 5.29. The zero-order valence-electron chi connectivity index (χ0n) is 10.00. The molecule has 17 heavy (non-hydrogen) atoms. The molecule has 0 heterocycles. The van der Waals surface area contributed by atoms with E-state index >= 15 is 0 Å². The molecule has 0 saturated heterocycles. The summed E-state index contributed by atoms with van der Waals surface area (Å²) in [7, 11) is 0. The molecule has 0 aromatic heterocycles. The van der Waals surface area contributed by atoms with Crippen molar-refractivity contribution in [3.05, 3.63) is 35.1 Å². The maximum atomic E-state index is 13.0. The average molecular weight is 261 g/mol. The highest BCUT2D eigenvalue weighted by atomic mass is 35.5. The molecule has 0 bridgehead atoms. The van der Waals surface area contributed by atoms with Crippen molar-refractivity contribution in [1.29, 1.82) is 0 Å². The van der Waals surface area contributed by atoms with Crippen molar-refractivity contribution in [2.24, 2.45) is 11.7 Å². The van der Waals surface area contributed by atoms with Gasteiger partial charge in [-0.1, -0.05) is 6.92 Å². The number of amides is 1. The van der Waals surface area contributed by atoms with Crippen LogP contribution >= 0.6 is 12.4 Å². The summed E-state index contributed by atoms with van der Waals surface area (Å²) in [4.78, 5) is 11.7. The van der Waals surface area contributed by atoms with E-state index in [1.165, 1.54) is 18.2 Å². The SMILES string of the molecule is Cc1cc(C(=O)NCC(C)CN)ccc1F.Cl. The molecule has 1 amide bonds. The molecule has 0 spiro atoms. The third-order valence-electron chi connectivity index (χ3n) is 2.43. The maximum absolute atomic E-state index is 13.0. The number of hydrogen-bond donors (Lipinski definition) is 2. The number of carbonyl (C=O) groups is 1. The maximum Gasteiger partial charge on any atom is 0.251 e. The fourth-order valence-corrected chi connectivity index (χ4v) is 1.24. The Balaban J connectivity index is 0.00000256. The van der Waals surface area contributed by atoms with Crippen LogP contribution in [0.1, 0.15) is 22.8 Å². The monoisotopic (exact) mass is 260 g/mol. The summed E-state index contributed by atoms with van der Waals surface area (Å²) in [6.07, 6.45) is 0. The van der Waals surface area contributed by atoms with Crippen molar-refractivity contribution < 1.29 is 9.18 Å². The molecule has 0 aliphatic rings. The zero-order chi connectivity index (χ0) is 12.1. The average Bonchev–Trinajstić information content (AvgIpc) is 2.29.